The average molecular weight is 324 g/mol. The van der Waals surface area contributed by atoms with Crippen LogP contribution in [0.5, 0.6) is 5.75 Å². The molecule has 0 radical (unpaired) electrons. The van der Waals surface area contributed by atoms with E-state index in [-0.39, 0.29) is 5.97 Å². The van der Waals surface area contributed by atoms with E-state index >= 15 is 0 Å². The van der Waals surface area contributed by atoms with Gasteiger partial charge in [0.1, 0.15) is 0 Å². The average Bonchev–Trinajstić information content (AvgIpc) is 2.74. The first-order valence-corrected chi connectivity index (χ1v) is 8.16. The van der Waals surface area contributed by atoms with E-state index < -0.39 is 0 Å². The van der Waals surface area contributed by atoms with Crippen LogP contribution in [0.4, 0.5) is 0 Å². The molecule has 0 aliphatic carbocycles. The minimum atomic E-state index is -0.252. The number of carbonyl (C=O) groups excluding carboxylic acids is 1. The summed E-state index contributed by atoms with van der Waals surface area (Å²) in [6, 6.07) is 3.96. The van der Waals surface area contributed by atoms with Crippen molar-refractivity contribution in [1.82, 2.24) is 4.90 Å². The molecule has 0 unspecified atom stereocenters. The number of hydrogen-bond donors (Lipinski definition) is 0. The molecule has 0 fully saturated rings. The molecule has 1 aromatic carbocycles. The Morgan fingerprint density at radius 2 is 2.11 bits per heavy atom. The van der Waals surface area contributed by atoms with Crippen LogP contribution in [-0.2, 0) is 11.2 Å². The van der Waals surface area contributed by atoms with Gasteiger partial charge in [-0.1, -0.05) is 0 Å². The molecule has 0 saturated heterocycles. The maximum absolute atomic E-state index is 11.2. The molecule has 1 heterocycles. The van der Waals surface area contributed by atoms with Gasteiger partial charge in [-0.25, -0.2) is 0 Å². The molecular weight excluding hydrogens is 305 g/mol. The molecule has 102 valence electrons. The molecule has 0 saturated carbocycles. The van der Waals surface area contributed by atoms with Crippen molar-refractivity contribution >= 4 is 30.1 Å². The number of fused-ring (bicyclic) bond motifs is 1. The van der Waals surface area contributed by atoms with E-state index in [9.17, 15) is 4.79 Å². The number of ether oxygens (including phenoxy) is 1. The summed E-state index contributed by atoms with van der Waals surface area (Å²) in [4.78, 5) is 15.7. The van der Waals surface area contributed by atoms with Gasteiger partial charge < -0.3 is 0 Å². The number of rotatable bonds is 4. The van der Waals surface area contributed by atoms with E-state index in [1.807, 2.05) is 12.1 Å². The quantitative estimate of drug-likeness (QED) is 0.491. The summed E-state index contributed by atoms with van der Waals surface area (Å²) in [6.45, 7) is 4.59. The topological polar surface area (TPSA) is 29.5 Å². The Hall–Kier alpha value is -1.09. The van der Waals surface area contributed by atoms with Crippen LogP contribution >= 0.6 is 0 Å². The number of hydrogen-bond acceptors (Lipinski definition) is 3. The number of likely N-dealkylation sites (N-methyl/N-ethyl adjacent to an activating group) is 1. The van der Waals surface area contributed by atoms with Gasteiger partial charge in [0.05, 0.1) is 0 Å². The summed E-state index contributed by atoms with van der Waals surface area (Å²) in [5, 5.41) is 1.16. The van der Waals surface area contributed by atoms with Crippen LogP contribution in [-0.4, -0.2) is 46.0 Å². The van der Waals surface area contributed by atoms with Gasteiger partial charge in [-0.15, -0.1) is 0 Å². The van der Waals surface area contributed by atoms with Crippen molar-refractivity contribution in [1.29, 1.82) is 0 Å². The first kappa shape index (κ1) is 14.3. The number of esters is 1. The Bertz CT molecular complexity index is 601. The SMILES string of the molecule is CC(=O)Oc1ccc(C)c2[se]cc(CCN(C)C)c12. The zero-order valence-electron chi connectivity index (χ0n) is 11.8. The van der Waals surface area contributed by atoms with Gasteiger partial charge in [0.2, 0.25) is 0 Å². The molecule has 2 aromatic rings. The molecule has 4 heteroatoms. The number of aryl methyl sites for hydroxylation is 1. The van der Waals surface area contributed by atoms with Crippen LogP contribution in [0.2, 0.25) is 0 Å². The van der Waals surface area contributed by atoms with Gasteiger partial charge >= 0.3 is 119 Å². The Morgan fingerprint density at radius 3 is 2.74 bits per heavy atom. The standard InChI is InChI=1S/C15H19NO2Se/c1-10-5-6-13(18-11(2)17)14-12(7-8-16(3)4)9-19-15(10)14/h5-6,9H,7-8H2,1-4H3. The number of nitrogens with zero attached hydrogens (tertiary/aromatic N) is 1. The predicted molar refractivity (Wildman–Crippen MR) is 79.2 cm³/mol. The van der Waals surface area contributed by atoms with Crippen LogP contribution in [0.15, 0.2) is 17.1 Å². The van der Waals surface area contributed by atoms with Gasteiger partial charge in [0.25, 0.3) is 0 Å². The normalized spacial score (nSPS) is 11.2. The van der Waals surface area contributed by atoms with E-state index in [0.717, 1.165) is 24.1 Å². The van der Waals surface area contributed by atoms with Gasteiger partial charge in [-0.3, -0.25) is 0 Å². The fourth-order valence-corrected chi connectivity index (χ4v) is 4.39. The van der Waals surface area contributed by atoms with Crippen molar-refractivity contribution < 1.29 is 9.53 Å². The summed E-state index contributed by atoms with van der Waals surface area (Å²) in [5.41, 5.74) is 2.62. The van der Waals surface area contributed by atoms with Gasteiger partial charge in [0.15, 0.2) is 0 Å². The van der Waals surface area contributed by atoms with Crippen molar-refractivity contribution in [3.63, 3.8) is 0 Å². The molecule has 0 spiro atoms. The van der Waals surface area contributed by atoms with Gasteiger partial charge in [0, 0.05) is 0 Å². The predicted octanol–water partition coefficient (Wildman–Crippen LogP) is 2.23. The van der Waals surface area contributed by atoms with Crippen molar-refractivity contribution in [2.75, 3.05) is 20.6 Å². The van der Waals surface area contributed by atoms with Crippen molar-refractivity contribution in [3.8, 4) is 5.75 Å². The van der Waals surface area contributed by atoms with Crippen LogP contribution in [0.3, 0.4) is 0 Å². The van der Waals surface area contributed by atoms with Crippen molar-refractivity contribution in [2.24, 2.45) is 0 Å². The zero-order valence-corrected chi connectivity index (χ0v) is 13.5. The summed E-state index contributed by atoms with van der Waals surface area (Å²) in [7, 11) is 4.15. The van der Waals surface area contributed by atoms with Crippen LogP contribution in [0, 0.1) is 6.92 Å². The van der Waals surface area contributed by atoms with E-state index in [1.54, 1.807) is 0 Å². The Kier molecular flexibility index (Phi) is 4.46. The molecule has 0 amide bonds. The Balaban J connectivity index is 2.47. The van der Waals surface area contributed by atoms with Crippen molar-refractivity contribution in [2.45, 2.75) is 20.3 Å². The molecule has 19 heavy (non-hydrogen) atoms. The third-order valence-corrected chi connectivity index (χ3v) is 5.48. The first-order valence-electron chi connectivity index (χ1n) is 6.32. The second-order valence-corrected chi connectivity index (χ2v) is 6.84. The monoisotopic (exact) mass is 325 g/mol. The zero-order chi connectivity index (χ0) is 14.0. The van der Waals surface area contributed by atoms with Crippen molar-refractivity contribution in [3.05, 3.63) is 28.2 Å². The summed E-state index contributed by atoms with van der Waals surface area (Å²) < 4.78 is 6.73. The second-order valence-electron chi connectivity index (χ2n) is 4.99. The number of benzene rings is 1. The summed E-state index contributed by atoms with van der Waals surface area (Å²) >= 11 is 0.358. The van der Waals surface area contributed by atoms with Gasteiger partial charge in [-0.2, -0.15) is 0 Å². The second kappa shape index (κ2) is 5.91. The van der Waals surface area contributed by atoms with Gasteiger partial charge in [-0.05, 0) is 0 Å². The molecular formula is C15H19NO2Se. The molecule has 0 aliphatic heterocycles. The van der Waals surface area contributed by atoms with Crippen LogP contribution in [0.1, 0.15) is 18.1 Å². The molecule has 3 nitrogen and oxygen atoms in total. The molecule has 0 bridgehead atoms. The summed E-state index contributed by atoms with van der Waals surface area (Å²) in [6.07, 6.45) is 0.999. The Morgan fingerprint density at radius 1 is 1.37 bits per heavy atom. The molecule has 0 aliphatic rings. The third-order valence-electron chi connectivity index (χ3n) is 3.04. The van der Waals surface area contributed by atoms with Crippen LogP contribution in [0.25, 0.3) is 9.65 Å². The molecule has 2 rings (SSSR count). The molecule has 1 aromatic heterocycles. The van der Waals surface area contributed by atoms with Crippen LogP contribution < -0.4 is 4.74 Å². The van der Waals surface area contributed by atoms with E-state index in [4.69, 9.17) is 4.74 Å². The molecule has 0 N–H and O–H groups in total. The van der Waals surface area contributed by atoms with E-state index in [0.29, 0.717) is 14.5 Å². The minimum absolute atomic E-state index is 0.252. The van der Waals surface area contributed by atoms with E-state index in [1.165, 1.54) is 22.3 Å². The fourth-order valence-electron chi connectivity index (χ4n) is 2.08. The maximum atomic E-state index is 11.2. The fraction of sp³-hybridized carbons (Fsp3) is 0.400. The first-order chi connectivity index (χ1) is 8.99. The third kappa shape index (κ3) is 3.27. The summed E-state index contributed by atoms with van der Waals surface area (Å²) in [5.74, 6) is 0.467. The molecule has 0 atom stereocenters. The number of carbonyl (C=O) groups is 1. The Labute approximate surface area is 119 Å². The van der Waals surface area contributed by atoms with E-state index in [2.05, 4.69) is 30.9 Å².